The molecule has 4 N–H and O–H groups in total. The SMILES string of the molecule is CC(COC(=O)[C@@H](N)Cc1ccc(O)c(O)c1)OC(=O)c1ccccc1. The van der Waals surface area contributed by atoms with Crippen LogP contribution in [0.2, 0.25) is 0 Å². The Balaban J connectivity index is 1.79. The minimum atomic E-state index is -0.948. The first-order valence-electron chi connectivity index (χ1n) is 8.06. The standard InChI is InChI=1S/C19H21NO6/c1-12(26-18(23)14-5-3-2-4-6-14)11-25-19(24)15(20)9-13-7-8-16(21)17(22)10-13/h2-8,10,12,15,21-22H,9,11,20H2,1H3/t12?,15-/m0/s1. The van der Waals surface area contributed by atoms with Gasteiger partial charge in [0, 0.05) is 0 Å². The first-order valence-corrected chi connectivity index (χ1v) is 8.06. The van der Waals surface area contributed by atoms with Gasteiger partial charge < -0.3 is 25.4 Å². The molecule has 0 saturated carbocycles. The van der Waals surface area contributed by atoms with Crippen LogP contribution >= 0.6 is 0 Å². The van der Waals surface area contributed by atoms with Crippen LogP contribution in [-0.2, 0) is 20.7 Å². The summed E-state index contributed by atoms with van der Waals surface area (Å²) in [6.45, 7) is 1.49. The second-order valence-electron chi connectivity index (χ2n) is 5.85. The first kappa shape index (κ1) is 19.3. The maximum atomic E-state index is 12.0. The van der Waals surface area contributed by atoms with Gasteiger partial charge in [-0.15, -0.1) is 0 Å². The van der Waals surface area contributed by atoms with E-state index >= 15 is 0 Å². The zero-order chi connectivity index (χ0) is 19.1. The Morgan fingerprint density at radius 2 is 1.77 bits per heavy atom. The highest BCUT2D eigenvalue weighted by atomic mass is 16.6. The van der Waals surface area contributed by atoms with Crippen LogP contribution in [0.15, 0.2) is 48.5 Å². The molecule has 1 unspecified atom stereocenters. The number of carbonyl (C=O) groups excluding carboxylic acids is 2. The van der Waals surface area contributed by atoms with E-state index in [4.69, 9.17) is 15.2 Å². The number of hydrogen-bond acceptors (Lipinski definition) is 7. The molecule has 7 nitrogen and oxygen atoms in total. The summed E-state index contributed by atoms with van der Waals surface area (Å²) < 4.78 is 10.3. The van der Waals surface area contributed by atoms with Crippen molar-refractivity contribution in [3.05, 3.63) is 59.7 Å². The van der Waals surface area contributed by atoms with Crippen molar-refractivity contribution in [2.75, 3.05) is 6.61 Å². The molecule has 2 atom stereocenters. The topological polar surface area (TPSA) is 119 Å². The van der Waals surface area contributed by atoms with Gasteiger partial charge in [0.15, 0.2) is 11.5 Å². The molecule has 0 spiro atoms. The van der Waals surface area contributed by atoms with Gasteiger partial charge in [-0.05, 0) is 43.2 Å². The van der Waals surface area contributed by atoms with Gasteiger partial charge in [-0.2, -0.15) is 0 Å². The quantitative estimate of drug-likeness (QED) is 0.509. The van der Waals surface area contributed by atoms with Gasteiger partial charge >= 0.3 is 11.9 Å². The van der Waals surface area contributed by atoms with Crippen molar-refractivity contribution in [3.63, 3.8) is 0 Å². The van der Waals surface area contributed by atoms with Gasteiger partial charge in [-0.25, -0.2) is 4.79 Å². The zero-order valence-corrected chi connectivity index (χ0v) is 14.3. The van der Waals surface area contributed by atoms with Crippen LogP contribution in [-0.4, -0.2) is 40.9 Å². The summed E-state index contributed by atoms with van der Waals surface area (Å²) in [5.41, 5.74) is 6.78. The number of benzene rings is 2. The molecular weight excluding hydrogens is 338 g/mol. The molecule has 2 aromatic carbocycles. The molecule has 0 radical (unpaired) electrons. The summed E-state index contributed by atoms with van der Waals surface area (Å²) in [6.07, 6.45) is -0.498. The highest BCUT2D eigenvalue weighted by Gasteiger charge is 2.19. The van der Waals surface area contributed by atoms with Gasteiger partial charge in [-0.3, -0.25) is 4.79 Å². The fraction of sp³-hybridized carbons (Fsp3) is 0.263. The number of phenols is 2. The van der Waals surface area contributed by atoms with E-state index in [1.165, 1.54) is 12.1 Å². The Morgan fingerprint density at radius 3 is 2.42 bits per heavy atom. The molecule has 0 bridgehead atoms. The van der Waals surface area contributed by atoms with Crippen LogP contribution in [0, 0.1) is 0 Å². The van der Waals surface area contributed by atoms with Crippen LogP contribution in [0.5, 0.6) is 11.5 Å². The van der Waals surface area contributed by atoms with E-state index < -0.39 is 24.1 Å². The fourth-order valence-corrected chi connectivity index (χ4v) is 2.20. The summed E-state index contributed by atoms with van der Waals surface area (Å²) in [6, 6.07) is 11.7. The Labute approximate surface area is 151 Å². The third kappa shape index (κ3) is 5.49. The number of rotatable bonds is 7. The molecule has 0 aliphatic heterocycles. The van der Waals surface area contributed by atoms with Crippen LogP contribution < -0.4 is 5.73 Å². The van der Waals surface area contributed by atoms with Crippen molar-refractivity contribution < 1.29 is 29.3 Å². The molecule has 7 heteroatoms. The van der Waals surface area contributed by atoms with Gasteiger partial charge in [0.1, 0.15) is 18.8 Å². The Hall–Kier alpha value is -3.06. The molecule has 26 heavy (non-hydrogen) atoms. The number of ether oxygens (including phenoxy) is 2. The summed E-state index contributed by atoms with van der Waals surface area (Å²) in [7, 11) is 0. The molecule has 0 heterocycles. The van der Waals surface area contributed by atoms with Gasteiger partial charge in [0.25, 0.3) is 0 Å². The molecule has 0 aliphatic carbocycles. The third-order valence-corrected chi connectivity index (χ3v) is 3.58. The molecule has 0 amide bonds. The van der Waals surface area contributed by atoms with Gasteiger partial charge in [0.2, 0.25) is 0 Å². The minimum absolute atomic E-state index is 0.119. The van der Waals surface area contributed by atoms with Crippen molar-refractivity contribution in [2.45, 2.75) is 25.5 Å². The van der Waals surface area contributed by atoms with Crippen LogP contribution in [0.4, 0.5) is 0 Å². The summed E-state index contributed by atoms with van der Waals surface area (Å²) in [5.74, 6) is -1.69. The normalized spacial score (nSPS) is 12.8. The zero-order valence-electron chi connectivity index (χ0n) is 14.3. The number of aromatic hydroxyl groups is 2. The molecule has 0 aliphatic rings. The van der Waals surface area contributed by atoms with Crippen molar-refractivity contribution in [2.24, 2.45) is 5.73 Å². The maximum absolute atomic E-state index is 12.0. The van der Waals surface area contributed by atoms with Gasteiger partial charge in [0.05, 0.1) is 5.56 Å². The van der Waals surface area contributed by atoms with E-state index in [9.17, 15) is 19.8 Å². The lowest BCUT2D eigenvalue weighted by Gasteiger charge is -2.16. The monoisotopic (exact) mass is 359 g/mol. The molecule has 2 rings (SSSR count). The Kier molecular flexibility index (Phi) is 6.57. The predicted octanol–water partition coefficient (Wildman–Crippen LogP) is 1.76. The smallest absolute Gasteiger partial charge is 0.338 e. The van der Waals surface area contributed by atoms with E-state index in [0.29, 0.717) is 11.1 Å². The minimum Gasteiger partial charge on any atom is -0.504 e. The van der Waals surface area contributed by atoms with Crippen molar-refractivity contribution in [3.8, 4) is 11.5 Å². The Morgan fingerprint density at radius 1 is 1.08 bits per heavy atom. The van der Waals surface area contributed by atoms with Crippen molar-refractivity contribution >= 4 is 11.9 Å². The van der Waals surface area contributed by atoms with E-state index in [1.807, 2.05) is 0 Å². The van der Waals surface area contributed by atoms with Crippen molar-refractivity contribution in [1.29, 1.82) is 0 Å². The fourth-order valence-electron chi connectivity index (χ4n) is 2.20. The maximum Gasteiger partial charge on any atom is 0.338 e. The molecule has 138 valence electrons. The lowest BCUT2D eigenvalue weighted by molar-refractivity contribution is -0.148. The lowest BCUT2D eigenvalue weighted by atomic mass is 10.1. The first-order chi connectivity index (χ1) is 12.4. The van der Waals surface area contributed by atoms with Crippen LogP contribution in [0.1, 0.15) is 22.8 Å². The summed E-state index contributed by atoms with van der Waals surface area (Å²) >= 11 is 0. The summed E-state index contributed by atoms with van der Waals surface area (Å²) in [5, 5.41) is 18.7. The van der Waals surface area contributed by atoms with Crippen LogP contribution in [0.3, 0.4) is 0 Å². The molecule has 2 aromatic rings. The Bertz CT molecular complexity index is 762. The average Bonchev–Trinajstić information content (AvgIpc) is 2.63. The van der Waals surface area contributed by atoms with Crippen LogP contribution in [0.25, 0.3) is 0 Å². The van der Waals surface area contributed by atoms with E-state index in [1.54, 1.807) is 43.3 Å². The van der Waals surface area contributed by atoms with E-state index in [-0.39, 0.29) is 24.5 Å². The summed E-state index contributed by atoms with van der Waals surface area (Å²) in [4.78, 5) is 23.9. The molecule has 0 fully saturated rings. The largest absolute Gasteiger partial charge is 0.504 e. The van der Waals surface area contributed by atoms with Gasteiger partial charge in [-0.1, -0.05) is 24.3 Å². The average molecular weight is 359 g/mol. The number of carbonyl (C=O) groups is 2. The second kappa shape index (κ2) is 8.87. The number of nitrogens with two attached hydrogens (primary N) is 1. The lowest BCUT2D eigenvalue weighted by Crippen LogP contribution is -2.36. The molecular formula is C19H21NO6. The number of phenolic OH excluding ortho intramolecular Hbond substituents is 2. The number of hydrogen-bond donors (Lipinski definition) is 3. The van der Waals surface area contributed by atoms with Crippen molar-refractivity contribution in [1.82, 2.24) is 0 Å². The highest BCUT2D eigenvalue weighted by molar-refractivity contribution is 5.89. The molecule has 0 aromatic heterocycles. The van der Waals surface area contributed by atoms with E-state index in [0.717, 1.165) is 0 Å². The second-order valence-corrected chi connectivity index (χ2v) is 5.85. The third-order valence-electron chi connectivity index (χ3n) is 3.58. The number of esters is 2. The molecule has 0 saturated heterocycles. The predicted molar refractivity (Wildman–Crippen MR) is 93.7 cm³/mol. The van der Waals surface area contributed by atoms with E-state index in [2.05, 4.69) is 0 Å². The highest BCUT2D eigenvalue weighted by Crippen LogP contribution is 2.25.